The van der Waals surface area contributed by atoms with Crippen LogP contribution in [0.25, 0.3) is 0 Å². The number of alkyl halides is 1. The zero-order valence-electron chi connectivity index (χ0n) is 13.4. The Kier molecular flexibility index (Phi) is 3.04. The van der Waals surface area contributed by atoms with Gasteiger partial charge in [0, 0.05) is 22.9 Å². The number of allylic oxidation sites excluding steroid dienone is 2. The van der Waals surface area contributed by atoms with Crippen LogP contribution < -0.4 is 5.32 Å². The first-order chi connectivity index (χ1) is 10.4. The van der Waals surface area contributed by atoms with Crippen molar-refractivity contribution in [2.45, 2.75) is 64.6 Å². The monoisotopic (exact) mass is 307 g/mol. The molecule has 2 N–H and O–H groups in total. The van der Waals surface area contributed by atoms with Crippen molar-refractivity contribution < 1.29 is 14.3 Å². The zero-order chi connectivity index (χ0) is 15.7. The molecule has 1 saturated heterocycles. The first-order valence-corrected chi connectivity index (χ1v) is 8.69. The minimum Gasteiger partial charge on any atom is -0.393 e. The second-order valence-electron chi connectivity index (χ2n) is 8.44. The molecule has 1 aliphatic heterocycles. The molecule has 3 aliphatic carbocycles. The highest BCUT2D eigenvalue weighted by molar-refractivity contribution is 5.79. The van der Waals surface area contributed by atoms with Crippen LogP contribution in [0.2, 0.25) is 0 Å². The molecule has 7 unspecified atom stereocenters. The Morgan fingerprint density at radius 2 is 2.14 bits per heavy atom. The Labute approximate surface area is 131 Å². The normalized spacial score (nSPS) is 53.9. The van der Waals surface area contributed by atoms with Crippen LogP contribution in [0.1, 0.15) is 52.4 Å². The number of hydrogen-bond donors (Lipinski definition) is 2. The Morgan fingerprint density at radius 1 is 1.36 bits per heavy atom. The van der Waals surface area contributed by atoms with E-state index in [1.165, 1.54) is 0 Å². The largest absolute Gasteiger partial charge is 0.393 e. The van der Waals surface area contributed by atoms with Crippen molar-refractivity contribution in [2.24, 2.45) is 28.6 Å². The number of carbonyl (C=O) groups is 1. The van der Waals surface area contributed by atoms with E-state index < -0.39 is 12.3 Å². The lowest BCUT2D eigenvalue weighted by atomic mass is 9.49. The Hall–Kier alpha value is -0.900. The fraction of sp³-hybridized carbons (Fsp3) is 0.833. The second kappa shape index (κ2) is 4.56. The minimum atomic E-state index is -0.780. The molecule has 3 nitrogen and oxygen atoms in total. The summed E-state index contributed by atoms with van der Waals surface area (Å²) < 4.78 is 14.5. The summed E-state index contributed by atoms with van der Waals surface area (Å²) in [4.78, 5) is 11.7. The van der Waals surface area contributed by atoms with E-state index in [4.69, 9.17) is 0 Å². The quantitative estimate of drug-likeness (QED) is 0.723. The highest BCUT2D eigenvalue weighted by Crippen LogP contribution is 2.64. The van der Waals surface area contributed by atoms with Gasteiger partial charge in [0.2, 0.25) is 5.91 Å². The van der Waals surface area contributed by atoms with Crippen molar-refractivity contribution in [3.63, 3.8) is 0 Å². The van der Waals surface area contributed by atoms with Gasteiger partial charge < -0.3 is 10.4 Å². The maximum atomic E-state index is 14.5. The molecule has 3 fully saturated rings. The summed E-state index contributed by atoms with van der Waals surface area (Å²) in [6.07, 6.45) is 5.24. The number of fused-ring (bicyclic) bond motifs is 5. The molecule has 1 amide bonds. The van der Waals surface area contributed by atoms with E-state index in [2.05, 4.69) is 18.3 Å². The van der Waals surface area contributed by atoms with Gasteiger partial charge in [-0.15, -0.1) is 0 Å². The molecule has 1 heterocycles. The van der Waals surface area contributed by atoms with Gasteiger partial charge in [0.25, 0.3) is 0 Å². The van der Waals surface area contributed by atoms with Crippen LogP contribution in [0.3, 0.4) is 0 Å². The third kappa shape index (κ3) is 1.73. The number of piperidine rings is 1. The smallest absolute Gasteiger partial charge is 0.224 e. The topological polar surface area (TPSA) is 49.3 Å². The summed E-state index contributed by atoms with van der Waals surface area (Å²) >= 11 is 0. The third-order valence-electron chi connectivity index (χ3n) is 7.43. The van der Waals surface area contributed by atoms with Gasteiger partial charge in [0.1, 0.15) is 6.17 Å². The zero-order valence-corrected chi connectivity index (χ0v) is 13.4. The van der Waals surface area contributed by atoms with E-state index in [0.29, 0.717) is 31.1 Å². The van der Waals surface area contributed by atoms with E-state index in [9.17, 15) is 14.3 Å². The molecular weight excluding hydrogens is 281 g/mol. The van der Waals surface area contributed by atoms with E-state index in [0.717, 1.165) is 25.0 Å². The summed E-state index contributed by atoms with van der Waals surface area (Å²) in [5.41, 5.74) is 0.481. The second-order valence-corrected chi connectivity index (χ2v) is 8.44. The van der Waals surface area contributed by atoms with Crippen LogP contribution in [0, 0.1) is 28.6 Å². The summed E-state index contributed by atoms with van der Waals surface area (Å²) in [7, 11) is 0. The number of aliphatic hydroxyl groups is 1. The predicted octanol–water partition coefficient (Wildman–Crippen LogP) is 2.94. The number of halogens is 1. The highest BCUT2D eigenvalue weighted by Gasteiger charge is 2.62. The molecule has 22 heavy (non-hydrogen) atoms. The van der Waals surface area contributed by atoms with Gasteiger partial charge in [-0.3, -0.25) is 4.79 Å². The molecule has 0 spiro atoms. The van der Waals surface area contributed by atoms with Gasteiger partial charge in [-0.05, 0) is 49.9 Å². The summed E-state index contributed by atoms with van der Waals surface area (Å²) in [5.74, 6) is 0.944. The molecule has 2 saturated carbocycles. The average Bonchev–Trinajstić information content (AvgIpc) is 2.75. The van der Waals surface area contributed by atoms with Crippen LogP contribution >= 0.6 is 0 Å². The summed E-state index contributed by atoms with van der Waals surface area (Å²) in [5, 5.41) is 13.9. The maximum Gasteiger partial charge on any atom is 0.224 e. The molecule has 0 radical (unpaired) electrons. The van der Waals surface area contributed by atoms with Crippen LogP contribution in [-0.4, -0.2) is 23.3 Å². The van der Waals surface area contributed by atoms with E-state index in [1.807, 2.05) is 6.92 Å². The van der Waals surface area contributed by atoms with Gasteiger partial charge in [-0.25, -0.2) is 4.39 Å². The van der Waals surface area contributed by atoms with Crippen molar-refractivity contribution in [3.05, 3.63) is 11.8 Å². The summed E-state index contributed by atoms with van der Waals surface area (Å²) in [6.45, 7) is 4.22. The number of amides is 1. The van der Waals surface area contributed by atoms with Gasteiger partial charge in [-0.2, -0.15) is 0 Å². The van der Waals surface area contributed by atoms with Gasteiger partial charge in [0.15, 0.2) is 0 Å². The molecule has 122 valence electrons. The Morgan fingerprint density at radius 3 is 2.91 bits per heavy atom. The first-order valence-electron chi connectivity index (χ1n) is 8.69. The number of hydrogen-bond acceptors (Lipinski definition) is 2. The lowest BCUT2D eigenvalue weighted by Crippen LogP contribution is -2.58. The molecule has 4 aliphatic rings. The molecule has 4 rings (SSSR count). The predicted molar refractivity (Wildman–Crippen MR) is 81.5 cm³/mol. The van der Waals surface area contributed by atoms with Crippen LogP contribution in [0.4, 0.5) is 4.39 Å². The first kappa shape index (κ1) is 14.7. The molecule has 0 aromatic rings. The number of carbonyl (C=O) groups excluding carboxylic acids is 1. The summed E-state index contributed by atoms with van der Waals surface area (Å²) in [6, 6.07) is 0. The van der Waals surface area contributed by atoms with Gasteiger partial charge >= 0.3 is 0 Å². The van der Waals surface area contributed by atoms with Crippen LogP contribution in [-0.2, 0) is 4.79 Å². The number of rotatable bonds is 0. The highest BCUT2D eigenvalue weighted by atomic mass is 19.1. The molecule has 0 aromatic carbocycles. The lowest BCUT2D eigenvalue weighted by Gasteiger charge is -2.58. The minimum absolute atomic E-state index is 0.0852. The van der Waals surface area contributed by atoms with Gasteiger partial charge in [0.05, 0.1) is 6.10 Å². The van der Waals surface area contributed by atoms with E-state index in [-0.39, 0.29) is 22.7 Å². The van der Waals surface area contributed by atoms with Crippen LogP contribution in [0.5, 0.6) is 0 Å². The van der Waals surface area contributed by atoms with Crippen molar-refractivity contribution in [2.75, 3.05) is 0 Å². The maximum absolute atomic E-state index is 14.5. The third-order valence-corrected chi connectivity index (χ3v) is 7.43. The Bertz CT molecular complexity index is 547. The van der Waals surface area contributed by atoms with E-state index in [1.54, 1.807) is 0 Å². The standard InChI is InChI=1S/C18H26FNO2/c1-17-8-7-15(22)20-14(17)6-3-10-11-4-5-13(19)18(11,2)9-12(21)16(10)17/h6,10-13,16,21H,3-5,7-9H2,1-2H3,(H,20,22). The molecular formula is C18H26FNO2. The SMILES string of the molecule is CC12CCC(=O)NC1=CCC1C2C(O)CC2(C)C(F)CCC12. The molecule has 0 bridgehead atoms. The van der Waals surface area contributed by atoms with Crippen molar-refractivity contribution in [3.8, 4) is 0 Å². The Balaban J connectivity index is 1.74. The average molecular weight is 307 g/mol. The van der Waals surface area contributed by atoms with E-state index >= 15 is 0 Å². The fourth-order valence-electron chi connectivity index (χ4n) is 6.27. The van der Waals surface area contributed by atoms with Crippen LogP contribution in [0.15, 0.2) is 11.8 Å². The van der Waals surface area contributed by atoms with Gasteiger partial charge in [-0.1, -0.05) is 19.9 Å². The lowest BCUT2D eigenvalue weighted by molar-refractivity contribution is -0.136. The van der Waals surface area contributed by atoms with Crippen molar-refractivity contribution >= 4 is 5.91 Å². The molecule has 4 heteroatoms. The fourth-order valence-corrected chi connectivity index (χ4v) is 6.27. The number of nitrogens with one attached hydrogen (secondary N) is 1. The molecule has 7 atom stereocenters. The molecule has 0 aromatic heterocycles. The van der Waals surface area contributed by atoms with Crippen molar-refractivity contribution in [1.82, 2.24) is 5.32 Å². The van der Waals surface area contributed by atoms with Crippen molar-refractivity contribution in [1.29, 1.82) is 0 Å². The number of aliphatic hydroxyl groups excluding tert-OH is 1.